The van der Waals surface area contributed by atoms with Crippen molar-refractivity contribution in [3.63, 3.8) is 0 Å². The third-order valence-electron chi connectivity index (χ3n) is 3.41. The molecule has 1 fully saturated rings. The molecule has 0 amide bonds. The molecule has 0 aromatic heterocycles. The van der Waals surface area contributed by atoms with E-state index in [1.165, 1.54) is 18.2 Å². The van der Waals surface area contributed by atoms with Gasteiger partial charge in [-0.25, -0.2) is 0 Å². The van der Waals surface area contributed by atoms with Gasteiger partial charge in [0.25, 0.3) is 0 Å². The summed E-state index contributed by atoms with van der Waals surface area (Å²) in [4.78, 5) is 36.7. The van der Waals surface area contributed by atoms with Crippen molar-refractivity contribution in [3.8, 4) is 5.75 Å². The van der Waals surface area contributed by atoms with E-state index in [1.54, 1.807) is 0 Å². The first-order chi connectivity index (χ1) is 11.6. The van der Waals surface area contributed by atoms with Gasteiger partial charge in [-0.1, -0.05) is 0 Å². The fourth-order valence-electron chi connectivity index (χ4n) is 2.18. The average molecular weight is 383 g/mol. The number of hydrogen-bond acceptors (Lipinski definition) is 11. The molecule has 0 aliphatic carbocycles. The molecule has 12 nitrogen and oxygen atoms in total. The number of hydrogen-bond donors (Lipinski definition) is 6. The van der Waals surface area contributed by atoms with Crippen LogP contribution in [-0.2, 0) is 9.26 Å². The Balaban J connectivity index is 2.15. The van der Waals surface area contributed by atoms with Crippen molar-refractivity contribution in [1.29, 1.82) is 0 Å². The minimum atomic E-state index is -4.90. The quantitative estimate of drug-likeness (QED) is 0.184. The van der Waals surface area contributed by atoms with Crippen LogP contribution in [0.1, 0.15) is 0 Å². The first-order valence-electron chi connectivity index (χ1n) is 7.01. The van der Waals surface area contributed by atoms with Crippen molar-refractivity contribution in [3.05, 3.63) is 34.4 Å². The van der Waals surface area contributed by atoms with Gasteiger partial charge in [-0.05, 0) is 0 Å². The van der Waals surface area contributed by atoms with Crippen molar-refractivity contribution in [1.82, 2.24) is 0 Å². The number of ether oxygens (including phenoxy) is 2. The molecule has 1 aromatic rings. The summed E-state index contributed by atoms with van der Waals surface area (Å²) in [5.41, 5.74) is -0.417. The first-order valence-corrected chi connectivity index (χ1v) is 8.76. The second kappa shape index (κ2) is 7.83. The fourth-order valence-corrected chi connectivity index (χ4v) is 2.57. The standard InChI is InChI=1S/C12H18NO11P/c14-9-8(5-22-25(19,20)21)24-12(11(16)10(9)15)23-7-4-2-1-3-6(7)13(17)18/h1-4,8-12,14-16,19-21,25H,5H2. The summed E-state index contributed by atoms with van der Waals surface area (Å²) >= 11 is 0. The van der Waals surface area contributed by atoms with Crippen LogP contribution in [0, 0.1) is 10.1 Å². The molecular formula is C12H18NO11P. The van der Waals surface area contributed by atoms with Gasteiger partial charge >= 0.3 is 140 Å². The van der Waals surface area contributed by atoms with Crippen molar-refractivity contribution in [2.24, 2.45) is 0 Å². The van der Waals surface area contributed by atoms with E-state index < -0.39 is 56.1 Å². The summed E-state index contributed by atoms with van der Waals surface area (Å²) in [5.74, 6) is -0.255. The van der Waals surface area contributed by atoms with E-state index in [9.17, 15) is 25.4 Å². The summed E-state index contributed by atoms with van der Waals surface area (Å²) in [6.07, 6.45) is -8.27. The predicted octanol–water partition coefficient (Wildman–Crippen LogP) is -1.82. The topological polar surface area (TPSA) is 192 Å². The molecule has 5 atom stereocenters. The van der Waals surface area contributed by atoms with E-state index in [0.29, 0.717) is 0 Å². The Kier molecular flexibility index (Phi) is 6.21. The van der Waals surface area contributed by atoms with E-state index in [0.717, 1.165) is 6.07 Å². The van der Waals surface area contributed by atoms with Gasteiger partial charge in [0, 0.05) is 0 Å². The molecule has 142 valence electrons. The van der Waals surface area contributed by atoms with Gasteiger partial charge in [0.05, 0.1) is 0 Å². The number of para-hydroxylation sites is 2. The summed E-state index contributed by atoms with van der Waals surface area (Å²) in [5, 5.41) is 40.6. The van der Waals surface area contributed by atoms with Crippen LogP contribution in [-0.4, -0.2) is 72.2 Å². The molecule has 0 spiro atoms. The number of aliphatic hydroxyl groups excluding tert-OH is 3. The third kappa shape index (κ3) is 5.01. The van der Waals surface area contributed by atoms with Crippen LogP contribution < -0.4 is 4.74 Å². The Labute approximate surface area is 141 Å². The maximum absolute atomic E-state index is 11.0. The molecule has 0 saturated carbocycles. The van der Waals surface area contributed by atoms with Crippen molar-refractivity contribution < 1.29 is 48.9 Å². The fraction of sp³-hybridized carbons (Fsp3) is 0.500. The van der Waals surface area contributed by atoms with E-state index >= 15 is 0 Å². The third-order valence-corrected chi connectivity index (χ3v) is 3.97. The first kappa shape index (κ1) is 19.8. The van der Waals surface area contributed by atoms with Crippen LogP contribution in [0.5, 0.6) is 5.75 Å². The van der Waals surface area contributed by atoms with Crippen molar-refractivity contribution in [2.45, 2.75) is 30.7 Å². The summed E-state index contributed by atoms with van der Waals surface area (Å²) in [6.45, 7) is -0.739. The molecular weight excluding hydrogens is 365 g/mol. The summed E-state index contributed by atoms with van der Waals surface area (Å²) in [7, 11) is -4.90. The summed E-state index contributed by atoms with van der Waals surface area (Å²) < 4.78 is 14.7. The number of rotatable bonds is 6. The summed E-state index contributed by atoms with van der Waals surface area (Å²) in [6, 6.07) is 5.23. The number of benzene rings is 1. The normalized spacial score (nSPS) is 30.7. The Hall–Kier alpha value is -1.47. The predicted molar refractivity (Wildman–Crippen MR) is 81.3 cm³/mol. The van der Waals surface area contributed by atoms with Crippen molar-refractivity contribution in [2.75, 3.05) is 6.61 Å². The van der Waals surface area contributed by atoms with Gasteiger partial charge < -0.3 is 0 Å². The SMILES string of the molecule is O=[N+]([O-])c1ccccc1OC1OC(CO[PH](O)(O)O)C(O)C(O)C1O. The molecule has 1 aliphatic heterocycles. The second-order valence-corrected chi connectivity index (χ2v) is 6.68. The zero-order chi connectivity index (χ0) is 18.8. The number of aliphatic hydroxyl groups is 3. The van der Waals surface area contributed by atoms with Crippen molar-refractivity contribution >= 4 is 13.9 Å². The van der Waals surface area contributed by atoms with Crippen LogP contribution in [0.2, 0.25) is 0 Å². The van der Waals surface area contributed by atoms with Crippen LogP contribution in [0.3, 0.4) is 0 Å². The van der Waals surface area contributed by atoms with Gasteiger partial charge in [0.2, 0.25) is 0 Å². The van der Waals surface area contributed by atoms with E-state index in [1.807, 2.05) is 0 Å². The van der Waals surface area contributed by atoms with Gasteiger partial charge in [0.15, 0.2) is 0 Å². The Morgan fingerprint density at radius 2 is 1.76 bits per heavy atom. The molecule has 1 heterocycles. The molecule has 1 aromatic carbocycles. The number of nitrogens with zero attached hydrogens (tertiary/aromatic N) is 1. The molecule has 0 bridgehead atoms. The van der Waals surface area contributed by atoms with E-state index in [4.69, 9.17) is 24.2 Å². The zero-order valence-electron chi connectivity index (χ0n) is 12.6. The molecule has 5 unspecified atom stereocenters. The van der Waals surface area contributed by atoms with E-state index in [2.05, 4.69) is 4.52 Å². The molecule has 6 N–H and O–H groups in total. The monoisotopic (exact) mass is 383 g/mol. The molecule has 0 radical (unpaired) electrons. The second-order valence-electron chi connectivity index (χ2n) is 5.24. The van der Waals surface area contributed by atoms with E-state index in [-0.39, 0.29) is 5.75 Å². The molecule has 1 saturated heterocycles. The zero-order valence-corrected chi connectivity index (χ0v) is 13.6. The molecule has 25 heavy (non-hydrogen) atoms. The van der Waals surface area contributed by atoms with Crippen LogP contribution in [0.15, 0.2) is 24.3 Å². The number of nitro benzene ring substituents is 1. The Morgan fingerprint density at radius 3 is 2.36 bits per heavy atom. The minimum absolute atomic E-state index is 0.255. The average Bonchev–Trinajstić information content (AvgIpc) is 2.53. The van der Waals surface area contributed by atoms with Gasteiger partial charge in [0.1, 0.15) is 0 Å². The van der Waals surface area contributed by atoms with Gasteiger partial charge in [-0.3, -0.25) is 0 Å². The Bertz CT molecular complexity index is 609. The molecule has 13 heteroatoms. The number of nitro groups is 1. The Morgan fingerprint density at radius 1 is 1.12 bits per heavy atom. The molecule has 1 aliphatic rings. The molecule has 2 rings (SSSR count). The maximum atomic E-state index is 11.0. The van der Waals surface area contributed by atoms with Crippen LogP contribution in [0.4, 0.5) is 5.69 Å². The van der Waals surface area contributed by atoms with Crippen LogP contribution >= 0.6 is 8.17 Å². The van der Waals surface area contributed by atoms with Crippen LogP contribution in [0.25, 0.3) is 0 Å². The van der Waals surface area contributed by atoms with Gasteiger partial charge in [-0.15, -0.1) is 0 Å². The van der Waals surface area contributed by atoms with Gasteiger partial charge in [-0.2, -0.15) is 0 Å².